The third-order valence-corrected chi connectivity index (χ3v) is 6.81. The topological polar surface area (TPSA) is 111 Å². The van der Waals surface area contributed by atoms with Crippen molar-refractivity contribution in [3.63, 3.8) is 0 Å². The fourth-order valence-electron chi connectivity index (χ4n) is 4.36. The fraction of sp³-hybridized carbons (Fsp3) is 0.387. The van der Waals surface area contributed by atoms with Crippen molar-refractivity contribution in [2.24, 2.45) is 13.0 Å². The maximum atomic E-state index is 13.2. The number of allylic oxidation sites excluding steroid dienone is 2. The minimum Gasteiger partial charge on any atom is -0.507 e. The third-order valence-electron chi connectivity index (χ3n) is 6.81. The van der Waals surface area contributed by atoms with Gasteiger partial charge < -0.3 is 18.8 Å². The van der Waals surface area contributed by atoms with Gasteiger partial charge in [0.1, 0.15) is 17.1 Å². The molecule has 0 spiro atoms. The van der Waals surface area contributed by atoms with Crippen LogP contribution in [0.15, 0.2) is 57.4 Å². The number of fused-ring (bicyclic) bond motifs is 1. The number of ketones is 1. The number of hydrogen-bond donors (Lipinski definition) is 2. The maximum absolute atomic E-state index is 13.2. The number of nitrogens with zero attached hydrogens (tertiary/aromatic N) is 1. The van der Waals surface area contributed by atoms with E-state index in [1.54, 1.807) is 19.1 Å². The average molecular weight is 535 g/mol. The molecule has 0 bridgehead atoms. The first-order valence-corrected chi connectivity index (χ1v) is 13.2. The van der Waals surface area contributed by atoms with Gasteiger partial charge in [-0.3, -0.25) is 10.1 Å². The van der Waals surface area contributed by atoms with E-state index in [1.807, 2.05) is 24.6 Å². The van der Waals surface area contributed by atoms with E-state index in [-0.39, 0.29) is 17.2 Å². The van der Waals surface area contributed by atoms with E-state index in [4.69, 9.17) is 4.42 Å². The zero-order valence-electron chi connectivity index (χ0n) is 23.5. The van der Waals surface area contributed by atoms with Crippen LogP contribution < -0.4 is 10.9 Å². The Bertz CT molecular complexity index is 1460. The monoisotopic (exact) mass is 534 g/mol. The van der Waals surface area contributed by atoms with Gasteiger partial charge in [0.25, 0.3) is 0 Å². The van der Waals surface area contributed by atoms with Crippen LogP contribution in [-0.4, -0.2) is 28.7 Å². The van der Waals surface area contributed by atoms with Crippen LogP contribution in [0, 0.1) is 5.92 Å². The molecular weight excluding hydrogens is 496 g/mol. The normalized spacial score (nSPS) is 12.8. The van der Waals surface area contributed by atoms with Crippen molar-refractivity contribution in [2.45, 2.75) is 59.3 Å². The first-order chi connectivity index (χ1) is 18.5. The van der Waals surface area contributed by atoms with Crippen LogP contribution in [0.2, 0.25) is 0 Å². The van der Waals surface area contributed by atoms with Crippen LogP contribution in [-0.2, 0) is 18.2 Å². The summed E-state index contributed by atoms with van der Waals surface area (Å²) in [6, 6.07) is 9.76. The van der Waals surface area contributed by atoms with Gasteiger partial charge in [-0.05, 0) is 73.9 Å². The van der Waals surface area contributed by atoms with Gasteiger partial charge in [0.15, 0.2) is 5.78 Å². The van der Waals surface area contributed by atoms with Crippen molar-refractivity contribution < 1.29 is 23.8 Å². The number of aromatic hydroxyl groups is 1. The summed E-state index contributed by atoms with van der Waals surface area (Å²) in [4.78, 5) is 37.0. The predicted octanol–water partition coefficient (Wildman–Crippen LogP) is 6.47. The molecule has 2 heterocycles. The molecule has 39 heavy (non-hydrogen) atoms. The molecule has 0 aliphatic carbocycles. The lowest BCUT2D eigenvalue weighted by Crippen LogP contribution is -2.17. The van der Waals surface area contributed by atoms with Crippen molar-refractivity contribution in [2.75, 3.05) is 7.11 Å². The number of aromatic nitrogens is 1. The number of aryl methyl sites for hydroxylation is 2. The molecule has 0 aliphatic rings. The van der Waals surface area contributed by atoms with Gasteiger partial charge in [0.2, 0.25) is 0 Å². The Morgan fingerprint density at radius 3 is 2.56 bits per heavy atom. The van der Waals surface area contributed by atoms with Gasteiger partial charge in [0, 0.05) is 41.8 Å². The van der Waals surface area contributed by atoms with E-state index in [0.717, 1.165) is 29.4 Å². The Morgan fingerprint density at radius 1 is 1.15 bits per heavy atom. The smallest absolute Gasteiger partial charge is 0.410 e. The first-order valence-electron chi connectivity index (χ1n) is 13.2. The Balaban J connectivity index is 1.77. The molecule has 0 fully saturated rings. The van der Waals surface area contributed by atoms with Crippen molar-refractivity contribution in [3.05, 3.63) is 81.2 Å². The summed E-state index contributed by atoms with van der Waals surface area (Å²) < 4.78 is 11.9. The lowest BCUT2D eigenvalue weighted by atomic mass is 9.99. The largest absolute Gasteiger partial charge is 0.507 e. The van der Waals surface area contributed by atoms with Crippen molar-refractivity contribution in [3.8, 4) is 5.75 Å². The summed E-state index contributed by atoms with van der Waals surface area (Å²) in [5.41, 5.74) is 2.21. The quantitative estimate of drug-likeness (QED) is 0.216. The molecule has 1 aromatic carbocycles. The lowest BCUT2D eigenvalue weighted by molar-refractivity contribution is 0.102. The molecule has 3 aromatic rings. The van der Waals surface area contributed by atoms with Gasteiger partial charge >= 0.3 is 11.7 Å². The van der Waals surface area contributed by atoms with Crippen LogP contribution in [0.3, 0.4) is 0 Å². The molecule has 0 radical (unpaired) electrons. The zero-order valence-corrected chi connectivity index (χ0v) is 23.5. The Labute approximate surface area is 229 Å². The number of nitrogens with one attached hydrogen (secondary N) is 1. The molecule has 3 rings (SSSR count). The van der Waals surface area contributed by atoms with Gasteiger partial charge in [-0.2, -0.15) is 0 Å². The zero-order chi connectivity index (χ0) is 28.7. The maximum Gasteiger partial charge on any atom is 0.410 e. The number of ether oxygens (including phenoxy) is 1. The minimum absolute atomic E-state index is 0.201. The SMILES string of the molecule is COC(=O)N/C=C/CCC(C)c1cc(O)c(C(=O)C(C)=Cc2cc3cc(CCC(C)C)ccc3n2C)c(=O)o1. The number of carbonyl (C=O) groups is 2. The fourth-order valence-corrected chi connectivity index (χ4v) is 4.36. The average Bonchev–Trinajstić information content (AvgIpc) is 3.20. The highest BCUT2D eigenvalue weighted by molar-refractivity contribution is 6.12. The summed E-state index contributed by atoms with van der Waals surface area (Å²) in [6.07, 6.45) is 7.69. The molecule has 0 saturated heterocycles. The standard InChI is InChI=1S/C31H38N2O6/c1-19(2)10-11-22-12-13-25-23(16-22)17-24(33(25)5)15-21(4)29(35)28-26(34)18-27(39-30(28)36)20(3)9-7-8-14-32-31(37)38-6/h8,12-20,34H,7,9-11H2,1-6H3,(H,32,37)/b14-8+,21-15?. The van der Waals surface area contributed by atoms with Crippen molar-refractivity contribution >= 4 is 28.9 Å². The van der Waals surface area contributed by atoms with Crippen LogP contribution in [0.25, 0.3) is 17.0 Å². The Morgan fingerprint density at radius 2 is 1.90 bits per heavy atom. The molecule has 0 saturated carbocycles. The molecule has 8 nitrogen and oxygen atoms in total. The second-order valence-electron chi connectivity index (χ2n) is 10.3. The number of benzene rings is 1. The van der Waals surface area contributed by atoms with Gasteiger partial charge in [0.05, 0.1) is 7.11 Å². The van der Waals surface area contributed by atoms with Crippen molar-refractivity contribution in [1.29, 1.82) is 0 Å². The first kappa shape index (κ1) is 29.5. The van der Waals surface area contributed by atoms with Crippen molar-refractivity contribution in [1.82, 2.24) is 9.88 Å². The summed E-state index contributed by atoms with van der Waals surface area (Å²) >= 11 is 0. The molecule has 8 heteroatoms. The summed E-state index contributed by atoms with van der Waals surface area (Å²) in [5, 5.41) is 14.1. The second-order valence-corrected chi connectivity index (χ2v) is 10.3. The highest BCUT2D eigenvalue weighted by atomic mass is 16.5. The Kier molecular flexibility index (Phi) is 9.93. The van der Waals surface area contributed by atoms with E-state index in [2.05, 4.69) is 42.1 Å². The molecular formula is C31H38N2O6. The second kappa shape index (κ2) is 13.1. The van der Waals surface area contributed by atoms with E-state index >= 15 is 0 Å². The molecule has 1 unspecified atom stereocenters. The van der Waals surface area contributed by atoms with Gasteiger partial charge in [-0.15, -0.1) is 0 Å². The summed E-state index contributed by atoms with van der Waals surface area (Å²) in [6.45, 7) is 7.89. The number of alkyl carbamates (subject to hydrolysis) is 1. The van der Waals surface area contributed by atoms with Crippen LogP contribution in [0.5, 0.6) is 5.75 Å². The molecule has 1 amide bonds. The van der Waals surface area contributed by atoms with E-state index in [1.165, 1.54) is 24.9 Å². The number of methoxy groups -OCH3 is 1. The Hall–Kier alpha value is -4.07. The predicted molar refractivity (Wildman–Crippen MR) is 153 cm³/mol. The van der Waals surface area contributed by atoms with Crippen LogP contribution in [0.1, 0.15) is 80.3 Å². The van der Waals surface area contributed by atoms with Gasteiger partial charge in [-0.25, -0.2) is 9.59 Å². The number of rotatable bonds is 11. The van der Waals surface area contributed by atoms with E-state index in [9.17, 15) is 19.5 Å². The summed E-state index contributed by atoms with van der Waals surface area (Å²) in [5.74, 6) is -0.268. The molecule has 2 N–H and O–H groups in total. The van der Waals surface area contributed by atoms with E-state index in [0.29, 0.717) is 24.3 Å². The lowest BCUT2D eigenvalue weighted by Gasteiger charge is -2.11. The molecule has 0 aliphatic heterocycles. The number of amides is 1. The third kappa shape index (κ3) is 7.50. The van der Waals surface area contributed by atoms with Crippen LogP contribution in [0.4, 0.5) is 4.79 Å². The number of carbonyl (C=O) groups excluding carboxylic acids is 2. The highest BCUT2D eigenvalue weighted by Crippen LogP contribution is 2.27. The molecule has 1 atom stereocenters. The van der Waals surface area contributed by atoms with Gasteiger partial charge in [-0.1, -0.05) is 32.9 Å². The molecule has 208 valence electrons. The molecule has 2 aromatic heterocycles. The number of hydrogen-bond acceptors (Lipinski definition) is 6. The number of Topliss-reactive ketones (excluding diaryl/α,β-unsaturated/α-hetero) is 1. The van der Waals surface area contributed by atoms with Crippen LogP contribution >= 0.6 is 0 Å². The minimum atomic E-state index is -0.871. The highest BCUT2D eigenvalue weighted by Gasteiger charge is 2.22. The van der Waals surface area contributed by atoms with E-state index < -0.39 is 23.3 Å². The summed E-state index contributed by atoms with van der Waals surface area (Å²) in [7, 11) is 3.21.